The minimum absolute atomic E-state index is 0.332. The van der Waals surface area contributed by atoms with Crippen molar-refractivity contribution in [2.24, 2.45) is 0 Å². The molecule has 0 spiro atoms. The molecule has 0 aliphatic rings. The van der Waals surface area contributed by atoms with Crippen LogP contribution in [0.3, 0.4) is 0 Å². The summed E-state index contributed by atoms with van der Waals surface area (Å²) in [6, 6.07) is 6.22. The van der Waals surface area contributed by atoms with Gasteiger partial charge in [-0.3, -0.25) is 0 Å². The molecule has 0 saturated carbocycles. The maximum Gasteiger partial charge on any atom is 0.372 e. The fourth-order valence-corrected chi connectivity index (χ4v) is 2.64. The van der Waals surface area contributed by atoms with Gasteiger partial charge in [-0.1, -0.05) is 0 Å². The fourth-order valence-electron chi connectivity index (χ4n) is 1.23. The van der Waals surface area contributed by atoms with Gasteiger partial charge in [0, 0.05) is 16.5 Å². The Labute approximate surface area is 102 Å². The van der Waals surface area contributed by atoms with Crippen molar-refractivity contribution in [3.8, 4) is 10.4 Å². The predicted octanol–water partition coefficient (Wildman–Crippen LogP) is 2.83. The second-order valence-corrected chi connectivity index (χ2v) is 5.37. The number of hydrogen-bond donors (Lipinski definition) is 1. The molecule has 0 unspecified atom stereocenters. The lowest BCUT2D eigenvalue weighted by Gasteiger charge is -2.00. The van der Waals surface area contributed by atoms with Gasteiger partial charge in [-0.25, -0.2) is 9.59 Å². The Hall–Kier alpha value is -1.40. The van der Waals surface area contributed by atoms with Gasteiger partial charge in [-0.15, -0.1) is 11.3 Å². The maximum absolute atomic E-state index is 10.9. The van der Waals surface area contributed by atoms with E-state index in [0.29, 0.717) is 5.56 Å². The molecule has 16 heavy (non-hydrogen) atoms. The summed E-state index contributed by atoms with van der Waals surface area (Å²) in [6.07, 6.45) is 0. The van der Waals surface area contributed by atoms with E-state index < -0.39 is 11.6 Å². The van der Waals surface area contributed by atoms with Crippen LogP contribution in [0.25, 0.3) is 10.4 Å². The minimum Gasteiger partial charge on any atom is -0.475 e. The summed E-state index contributed by atoms with van der Waals surface area (Å²) in [5.74, 6) is -1.58. The highest BCUT2D eigenvalue weighted by atomic mass is 79.9. The second kappa shape index (κ2) is 4.23. The molecular formula is C10H5BrO4S. The summed E-state index contributed by atoms with van der Waals surface area (Å²) in [7, 11) is 0. The van der Waals surface area contributed by atoms with Gasteiger partial charge in [0.2, 0.25) is 5.76 Å². The number of rotatable bonds is 2. The zero-order chi connectivity index (χ0) is 11.7. The number of hydrogen-bond acceptors (Lipinski definition) is 4. The smallest absolute Gasteiger partial charge is 0.372 e. The first-order chi connectivity index (χ1) is 7.58. The van der Waals surface area contributed by atoms with Crippen molar-refractivity contribution in [1.82, 2.24) is 0 Å². The van der Waals surface area contributed by atoms with E-state index in [-0.39, 0.29) is 5.76 Å². The molecule has 82 valence electrons. The Morgan fingerprint density at radius 2 is 2.06 bits per heavy atom. The molecule has 2 heterocycles. The summed E-state index contributed by atoms with van der Waals surface area (Å²) >= 11 is 4.65. The molecule has 0 atom stereocenters. The zero-order valence-corrected chi connectivity index (χ0v) is 10.2. The molecule has 0 fully saturated rings. The van der Waals surface area contributed by atoms with Gasteiger partial charge >= 0.3 is 11.6 Å². The molecule has 0 aromatic carbocycles. The lowest BCUT2D eigenvalue weighted by molar-refractivity contribution is 0.0658. The van der Waals surface area contributed by atoms with E-state index >= 15 is 0 Å². The van der Waals surface area contributed by atoms with Crippen molar-refractivity contribution in [3.05, 3.63) is 44.2 Å². The highest BCUT2D eigenvalue weighted by Gasteiger charge is 2.16. The van der Waals surface area contributed by atoms with E-state index in [1.54, 1.807) is 12.1 Å². The molecule has 0 aliphatic heterocycles. The summed E-state index contributed by atoms with van der Waals surface area (Å²) < 4.78 is 5.55. The molecule has 1 N–H and O–H groups in total. The number of aromatic carboxylic acids is 1. The number of thiophene rings is 1. The summed E-state index contributed by atoms with van der Waals surface area (Å²) in [6.45, 7) is 0. The van der Waals surface area contributed by atoms with E-state index in [9.17, 15) is 9.59 Å². The average Bonchev–Trinajstić information content (AvgIpc) is 2.64. The second-order valence-electron chi connectivity index (χ2n) is 2.91. The van der Waals surface area contributed by atoms with Gasteiger partial charge in [0.25, 0.3) is 0 Å². The fraction of sp³-hybridized carbons (Fsp3) is 0. The molecule has 0 amide bonds. The van der Waals surface area contributed by atoms with Crippen molar-refractivity contribution in [1.29, 1.82) is 0 Å². The van der Waals surface area contributed by atoms with Crippen LogP contribution in [0.4, 0.5) is 0 Å². The van der Waals surface area contributed by atoms with Crippen LogP contribution in [0.15, 0.2) is 37.3 Å². The molecule has 2 aromatic rings. The topological polar surface area (TPSA) is 67.5 Å². The highest BCUT2D eigenvalue weighted by Crippen LogP contribution is 2.32. The summed E-state index contributed by atoms with van der Waals surface area (Å²) in [5.41, 5.74) is -0.264. The normalized spacial score (nSPS) is 10.3. The van der Waals surface area contributed by atoms with Crippen LogP contribution in [-0.4, -0.2) is 11.1 Å². The monoisotopic (exact) mass is 300 g/mol. The van der Waals surface area contributed by atoms with E-state index in [0.717, 1.165) is 8.66 Å². The first kappa shape index (κ1) is 11.1. The van der Waals surface area contributed by atoms with Gasteiger partial charge in [0.15, 0.2) is 0 Å². The highest BCUT2D eigenvalue weighted by molar-refractivity contribution is 9.11. The quantitative estimate of drug-likeness (QED) is 0.926. The Morgan fingerprint density at radius 1 is 1.31 bits per heavy atom. The van der Waals surface area contributed by atoms with Gasteiger partial charge in [0.1, 0.15) is 0 Å². The molecule has 0 radical (unpaired) electrons. The molecule has 0 aliphatic carbocycles. The molecule has 2 rings (SSSR count). The Kier molecular flexibility index (Phi) is 2.93. The van der Waals surface area contributed by atoms with Gasteiger partial charge < -0.3 is 9.52 Å². The molecule has 6 heteroatoms. The van der Waals surface area contributed by atoms with E-state index in [2.05, 4.69) is 20.3 Å². The summed E-state index contributed by atoms with van der Waals surface area (Å²) in [5, 5.41) is 8.92. The van der Waals surface area contributed by atoms with Crippen LogP contribution in [-0.2, 0) is 0 Å². The van der Waals surface area contributed by atoms with Crippen molar-refractivity contribution in [3.63, 3.8) is 0 Å². The number of carbonyl (C=O) groups is 1. The van der Waals surface area contributed by atoms with E-state index in [1.807, 2.05) is 0 Å². The number of halogens is 1. The lowest BCUT2D eigenvalue weighted by atomic mass is 10.2. The van der Waals surface area contributed by atoms with Crippen molar-refractivity contribution in [2.75, 3.05) is 0 Å². The number of carboxylic acid groups (broad SMARTS) is 1. The molecule has 4 nitrogen and oxygen atoms in total. The third-order valence-electron chi connectivity index (χ3n) is 1.87. The van der Waals surface area contributed by atoms with Crippen LogP contribution < -0.4 is 5.63 Å². The first-order valence-corrected chi connectivity index (χ1v) is 5.82. The van der Waals surface area contributed by atoms with E-state index in [1.165, 1.54) is 23.5 Å². The van der Waals surface area contributed by atoms with Crippen molar-refractivity contribution < 1.29 is 14.3 Å². The van der Waals surface area contributed by atoms with Crippen molar-refractivity contribution >= 4 is 33.2 Å². The Bertz CT molecular complexity index is 599. The third-order valence-corrected chi connectivity index (χ3v) is 3.52. The predicted molar refractivity (Wildman–Crippen MR) is 63.0 cm³/mol. The van der Waals surface area contributed by atoms with Crippen LogP contribution >= 0.6 is 27.3 Å². The zero-order valence-electron chi connectivity index (χ0n) is 7.77. The Balaban J connectivity index is 2.65. The third kappa shape index (κ3) is 2.07. The van der Waals surface area contributed by atoms with Crippen LogP contribution in [0.2, 0.25) is 0 Å². The standard InChI is InChI=1S/C10H5BrO4S/c11-7-3-2-6(16-7)5-1-4-8(12)15-9(5)10(13)14/h1-4H,(H,13,14). The molecular weight excluding hydrogens is 296 g/mol. The molecule has 0 saturated heterocycles. The van der Waals surface area contributed by atoms with E-state index in [4.69, 9.17) is 5.11 Å². The van der Waals surface area contributed by atoms with Crippen LogP contribution in [0.5, 0.6) is 0 Å². The van der Waals surface area contributed by atoms with Gasteiger partial charge in [-0.2, -0.15) is 0 Å². The molecule has 2 aromatic heterocycles. The lowest BCUT2D eigenvalue weighted by Crippen LogP contribution is -2.06. The average molecular weight is 301 g/mol. The van der Waals surface area contributed by atoms with Gasteiger partial charge in [0.05, 0.1) is 3.79 Å². The first-order valence-electron chi connectivity index (χ1n) is 4.21. The van der Waals surface area contributed by atoms with Gasteiger partial charge in [-0.05, 0) is 34.1 Å². The number of carboxylic acids is 1. The van der Waals surface area contributed by atoms with Crippen LogP contribution in [0, 0.1) is 0 Å². The van der Waals surface area contributed by atoms with Crippen LogP contribution in [0.1, 0.15) is 10.6 Å². The SMILES string of the molecule is O=C(O)c1oc(=O)ccc1-c1ccc(Br)s1. The Morgan fingerprint density at radius 3 is 2.62 bits per heavy atom. The minimum atomic E-state index is -1.25. The largest absolute Gasteiger partial charge is 0.475 e. The molecule has 0 bridgehead atoms. The van der Waals surface area contributed by atoms with Crippen molar-refractivity contribution in [2.45, 2.75) is 0 Å². The maximum atomic E-state index is 10.9. The summed E-state index contributed by atoms with van der Waals surface area (Å²) in [4.78, 5) is 22.6.